The second-order valence-electron chi connectivity index (χ2n) is 4.98. The fourth-order valence-corrected chi connectivity index (χ4v) is 1.87. The van der Waals surface area contributed by atoms with Crippen molar-refractivity contribution in [3.05, 3.63) is 23.5 Å². The van der Waals surface area contributed by atoms with Crippen molar-refractivity contribution >= 4 is 5.97 Å². The number of aryl methyl sites for hydroxylation is 1. The van der Waals surface area contributed by atoms with Crippen LogP contribution in [-0.2, 0) is 11.3 Å². The number of carboxylic acids is 1. The van der Waals surface area contributed by atoms with Crippen molar-refractivity contribution in [1.82, 2.24) is 9.88 Å². The maximum absolute atomic E-state index is 10.5. The minimum absolute atomic E-state index is 0.163. The van der Waals surface area contributed by atoms with E-state index in [4.69, 9.17) is 5.11 Å². The van der Waals surface area contributed by atoms with Gasteiger partial charge in [-0.2, -0.15) is 0 Å². The summed E-state index contributed by atoms with van der Waals surface area (Å²) in [6.07, 6.45) is 0.760. The number of hydrogen-bond acceptors (Lipinski definition) is 4. The van der Waals surface area contributed by atoms with Crippen LogP contribution in [0.3, 0.4) is 0 Å². The van der Waals surface area contributed by atoms with Crippen LogP contribution in [-0.4, -0.2) is 38.7 Å². The van der Waals surface area contributed by atoms with E-state index in [0.717, 1.165) is 5.69 Å². The minimum Gasteiger partial charge on any atom is -0.506 e. The Morgan fingerprint density at radius 1 is 1.42 bits per heavy atom. The van der Waals surface area contributed by atoms with Gasteiger partial charge in [0.15, 0.2) is 0 Å². The molecule has 0 bridgehead atoms. The van der Waals surface area contributed by atoms with Crippen molar-refractivity contribution in [1.29, 1.82) is 0 Å². The first-order chi connectivity index (χ1) is 8.90. The van der Waals surface area contributed by atoms with Crippen LogP contribution in [0.2, 0.25) is 0 Å². The normalized spacial score (nSPS) is 11.2. The lowest BCUT2D eigenvalue weighted by Crippen LogP contribution is -2.32. The van der Waals surface area contributed by atoms with E-state index in [1.165, 1.54) is 0 Å². The van der Waals surface area contributed by atoms with Crippen LogP contribution < -0.4 is 0 Å². The highest BCUT2D eigenvalue weighted by Gasteiger charge is 2.14. The Bertz CT molecular complexity index is 433. The van der Waals surface area contributed by atoms with E-state index < -0.39 is 5.97 Å². The molecule has 0 atom stereocenters. The standard InChI is InChI=1S/C14H22N2O3/c1-10(2)16(8-4-5-14(18)19)9-12-13(17)7-6-11(3)15-12/h6-7,10,17H,4-5,8-9H2,1-3H3,(H,18,19). The molecule has 0 spiro atoms. The lowest BCUT2D eigenvalue weighted by atomic mass is 10.2. The molecular weight excluding hydrogens is 244 g/mol. The topological polar surface area (TPSA) is 73.7 Å². The molecule has 0 aliphatic rings. The van der Waals surface area contributed by atoms with Gasteiger partial charge in [-0.05, 0) is 45.9 Å². The summed E-state index contributed by atoms with van der Waals surface area (Å²) in [6, 6.07) is 3.69. The Hall–Kier alpha value is -1.62. The molecule has 1 rings (SSSR count). The van der Waals surface area contributed by atoms with Crippen molar-refractivity contribution in [3.8, 4) is 5.75 Å². The monoisotopic (exact) mass is 266 g/mol. The van der Waals surface area contributed by atoms with Gasteiger partial charge in [-0.15, -0.1) is 0 Å². The highest BCUT2D eigenvalue weighted by molar-refractivity contribution is 5.66. The van der Waals surface area contributed by atoms with Gasteiger partial charge in [-0.1, -0.05) is 0 Å². The van der Waals surface area contributed by atoms with Gasteiger partial charge in [-0.3, -0.25) is 14.7 Å². The lowest BCUT2D eigenvalue weighted by molar-refractivity contribution is -0.137. The summed E-state index contributed by atoms with van der Waals surface area (Å²) in [5.41, 5.74) is 1.51. The molecule has 0 aromatic carbocycles. The summed E-state index contributed by atoms with van der Waals surface area (Å²) in [7, 11) is 0. The number of pyridine rings is 1. The van der Waals surface area contributed by atoms with Crippen molar-refractivity contribution in [3.63, 3.8) is 0 Å². The zero-order chi connectivity index (χ0) is 14.4. The smallest absolute Gasteiger partial charge is 0.303 e. The predicted octanol–water partition coefficient (Wildman–Crippen LogP) is 2.17. The highest BCUT2D eigenvalue weighted by Crippen LogP contribution is 2.18. The van der Waals surface area contributed by atoms with Crippen LogP contribution in [0.1, 0.15) is 38.1 Å². The quantitative estimate of drug-likeness (QED) is 0.791. The Balaban J connectivity index is 2.67. The summed E-state index contributed by atoms with van der Waals surface area (Å²) in [5, 5.41) is 18.5. The fraction of sp³-hybridized carbons (Fsp3) is 0.571. The highest BCUT2D eigenvalue weighted by atomic mass is 16.4. The van der Waals surface area contributed by atoms with E-state index in [1.54, 1.807) is 12.1 Å². The Morgan fingerprint density at radius 3 is 2.68 bits per heavy atom. The molecular formula is C14H22N2O3. The molecule has 0 aliphatic heterocycles. The van der Waals surface area contributed by atoms with Gasteiger partial charge in [0.05, 0.1) is 5.69 Å². The van der Waals surface area contributed by atoms with E-state index in [2.05, 4.69) is 9.88 Å². The first-order valence-electron chi connectivity index (χ1n) is 6.51. The maximum atomic E-state index is 10.5. The second kappa shape index (κ2) is 7.09. The van der Waals surface area contributed by atoms with E-state index in [9.17, 15) is 9.90 Å². The molecule has 106 valence electrons. The molecule has 5 heteroatoms. The van der Waals surface area contributed by atoms with Crippen molar-refractivity contribution < 1.29 is 15.0 Å². The summed E-state index contributed by atoms with van der Waals surface area (Å²) < 4.78 is 0. The van der Waals surface area contributed by atoms with Crippen molar-refractivity contribution in [2.45, 2.75) is 46.2 Å². The van der Waals surface area contributed by atoms with Crippen molar-refractivity contribution in [2.24, 2.45) is 0 Å². The maximum Gasteiger partial charge on any atom is 0.303 e. The molecule has 0 saturated heterocycles. The molecule has 0 radical (unpaired) electrons. The van der Waals surface area contributed by atoms with Gasteiger partial charge in [0.2, 0.25) is 0 Å². The average molecular weight is 266 g/mol. The molecule has 19 heavy (non-hydrogen) atoms. The van der Waals surface area contributed by atoms with Crippen LogP contribution in [0.25, 0.3) is 0 Å². The number of carbonyl (C=O) groups is 1. The lowest BCUT2D eigenvalue weighted by Gasteiger charge is -2.26. The number of aliphatic carboxylic acids is 1. The van der Waals surface area contributed by atoms with Gasteiger partial charge in [-0.25, -0.2) is 0 Å². The number of nitrogens with zero attached hydrogens (tertiary/aromatic N) is 2. The summed E-state index contributed by atoms with van der Waals surface area (Å²) in [6.45, 7) is 7.19. The molecule has 1 heterocycles. The first-order valence-corrected chi connectivity index (χ1v) is 6.51. The van der Waals surface area contributed by atoms with Gasteiger partial charge in [0.1, 0.15) is 5.75 Å². The molecule has 0 aliphatic carbocycles. The molecule has 0 saturated carbocycles. The molecule has 0 unspecified atom stereocenters. The fourth-order valence-electron chi connectivity index (χ4n) is 1.87. The van der Waals surface area contributed by atoms with Crippen LogP contribution in [0, 0.1) is 6.92 Å². The van der Waals surface area contributed by atoms with Crippen LogP contribution in [0.4, 0.5) is 0 Å². The van der Waals surface area contributed by atoms with Crippen LogP contribution >= 0.6 is 0 Å². The van der Waals surface area contributed by atoms with Crippen molar-refractivity contribution in [2.75, 3.05) is 6.54 Å². The minimum atomic E-state index is -0.778. The Labute approximate surface area is 113 Å². The third-order valence-electron chi connectivity index (χ3n) is 3.01. The average Bonchev–Trinajstić information content (AvgIpc) is 2.31. The Kier molecular flexibility index (Phi) is 5.76. The number of aromatic hydroxyl groups is 1. The number of hydrogen-bond donors (Lipinski definition) is 2. The first kappa shape index (κ1) is 15.4. The predicted molar refractivity (Wildman–Crippen MR) is 73.1 cm³/mol. The summed E-state index contributed by atoms with van der Waals surface area (Å²) in [5.74, 6) is -0.588. The summed E-state index contributed by atoms with van der Waals surface area (Å²) in [4.78, 5) is 17.0. The van der Waals surface area contributed by atoms with E-state index in [0.29, 0.717) is 25.2 Å². The Morgan fingerprint density at radius 2 is 2.11 bits per heavy atom. The SMILES string of the molecule is Cc1ccc(O)c(CN(CCCC(=O)O)C(C)C)n1. The van der Waals surface area contributed by atoms with Gasteiger partial charge in [0.25, 0.3) is 0 Å². The second-order valence-corrected chi connectivity index (χ2v) is 4.98. The van der Waals surface area contributed by atoms with E-state index >= 15 is 0 Å². The number of rotatable bonds is 7. The van der Waals surface area contributed by atoms with Crippen LogP contribution in [0.15, 0.2) is 12.1 Å². The van der Waals surface area contributed by atoms with Gasteiger partial charge < -0.3 is 10.2 Å². The molecule has 0 amide bonds. The zero-order valence-electron chi connectivity index (χ0n) is 11.8. The van der Waals surface area contributed by atoms with E-state index in [-0.39, 0.29) is 18.2 Å². The largest absolute Gasteiger partial charge is 0.506 e. The van der Waals surface area contributed by atoms with E-state index in [1.807, 2.05) is 20.8 Å². The molecule has 0 fully saturated rings. The third-order valence-corrected chi connectivity index (χ3v) is 3.01. The number of carboxylic acid groups (broad SMARTS) is 1. The zero-order valence-corrected chi connectivity index (χ0v) is 11.8. The molecule has 5 nitrogen and oxygen atoms in total. The number of aromatic nitrogens is 1. The molecule has 1 aromatic heterocycles. The summed E-state index contributed by atoms with van der Waals surface area (Å²) >= 11 is 0. The van der Waals surface area contributed by atoms with Gasteiger partial charge >= 0.3 is 5.97 Å². The van der Waals surface area contributed by atoms with Gasteiger partial charge in [0, 0.05) is 24.7 Å². The molecule has 1 aromatic rings. The molecule has 2 N–H and O–H groups in total. The van der Waals surface area contributed by atoms with Crippen LogP contribution in [0.5, 0.6) is 5.75 Å². The third kappa shape index (κ3) is 5.26.